The number of urea groups is 1. The fourth-order valence-corrected chi connectivity index (χ4v) is 3.09. The van der Waals surface area contributed by atoms with Crippen LogP contribution in [0.25, 0.3) is 5.82 Å². The van der Waals surface area contributed by atoms with Crippen molar-refractivity contribution in [3.8, 4) is 5.82 Å². The highest BCUT2D eigenvalue weighted by Gasteiger charge is 2.25. The Balaban J connectivity index is 1.49. The zero-order valence-corrected chi connectivity index (χ0v) is 13.6. The molecule has 1 saturated carbocycles. The summed E-state index contributed by atoms with van der Waals surface area (Å²) in [5.41, 5.74) is 0.927. The molecule has 2 atom stereocenters. The number of nitrogens with one attached hydrogen (secondary N) is 2. The van der Waals surface area contributed by atoms with Crippen LogP contribution in [0.3, 0.4) is 0 Å². The van der Waals surface area contributed by atoms with Crippen molar-refractivity contribution >= 4 is 6.03 Å². The van der Waals surface area contributed by atoms with E-state index in [2.05, 4.69) is 20.6 Å². The highest BCUT2D eigenvalue weighted by atomic mass is 16.3. The van der Waals surface area contributed by atoms with E-state index in [4.69, 9.17) is 0 Å². The summed E-state index contributed by atoms with van der Waals surface area (Å²) in [4.78, 5) is 20.4. The van der Waals surface area contributed by atoms with E-state index in [0.717, 1.165) is 37.1 Å². The summed E-state index contributed by atoms with van der Waals surface area (Å²) in [5.74, 6) is 0.953. The van der Waals surface area contributed by atoms with Crippen LogP contribution >= 0.6 is 0 Å². The molecule has 1 aliphatic rings. The molecule has 2 unspecified atom stereocenters. The average molecular weight is 329 g/mol. The van der Waals surface area contributed by atoms with Crippen molar-refractivity contribution in [3.63, 3.8) is 0 Å². The van der Waals surface area contributed by atoms with Crippen LogP contribution in [0.2, 0.25) is 0 Å². The fourth-order valence-electron chi connectivity index (χ4n) is 3.09. The quantitative estimate of drug-likeness (QED) is 0.777. The minimum atomic E-state index is -0.195. The van der Waals surface area contributed by atoms with Gasteiger partial charge in [-0.05, 0) is 24.5 Å². The lowest BCUT2D eigenvalue weighted by Gasteiger charge is -2.30. The number of aromatic nitrogens is 3. The van der Waals surface area contributed by atoms with Crippen LogP contribution in [0.4, 0.5) is 4.79 Å². The van der Waals surface area contributed by atoms with Gasteiger partial charge in [-0.3, -0.25) is 4.57 Å². The molecule has 2 aromatic heterocycles. The van der Waals surface area contributed by atoms with Crippen LogP contribution in [-0.2, 0) is 6.54 Å². The summed E-state index contributed by atoms with van der Waals surface area (Å²) >= 11 is 0. The number of rotatable bonds is 5. The summed E-state index contributed by atoms with van der Waals surface area (Å²) in [6.45, 7) is 0.546. The molecular formula is C17H23N5O2. The maximum Gasteiger partial charge on any atom is 0.315 e. The van der Waals surface area contributed by atoms with E-state index in [1.165, 1.54) is 0 Å². The number of nitrogens with zero attached hydrogens (tertiary/aromatic N) is 3. The first-order valence-electron chi connectivity index (χ1n) is 8.35. The highest BCUT2D eigenvalue weighted by Crippen LogP contribution is 2.23. The van der Waals surface area contributed by atoms with Gasteiger partial charge < -0.3 is 15.7 Å². The second-order valence-electron chi connectivity index (χ2n) is 6.16. The maximum atomic E-state index is 12.1. The van der Waals surface area contributed by atoms with Crippen molar-refractivity contribution < 1.29 is 9.90 Å². The Kier molecular flexibility index (Phi) is 5.43. The van der Waals surface area contributed by atoms with E-state index in [0.29, 0.717) is 6.54 Å². The Hall–Kier alpha value is -2.41. The lowest BCUT2D eigenvalue weighted by atomic mass is 9.85. The number of carbonyl (C=O) groups is 1. The number of aliphatic hydroxyl groups excluding tert-OH is 1. The zero-order valence-electron chi connectivity index (χ0n) is 13.6. The highest BCUT2D eigenvalue weighted by molar-refractivity contribution is 5.74. The molecule has 0 aliphatic heterocycles. The van der Waals surface area contributed by atoms with E-state index in [-0.39, 0.29) is 24.6 Å². The minimum absolute atomic E-state index is 0.0606. The van der Waals surface area contributed by atoms with E-state index >= 15 is 0 Å². The Labute approximate surface area is 141 Å². The number of hydrogen-bond acceptors (Lipinski definition) is 4. The molecule has 128 valence electrons. The van der Waals surface area contributed by atoms with Gasteiger partial charge in [-0.2, -0.15) is 0 Å². The van der Waals surface area contributed by atoms with E-state index in [1.807, 2.05) is 22.9 Å². The Morgan fingerprint density at radius 3 is 2.92 bits per heavy atom. The first-order valence-corrected chi connectivity index (χ1v) is 8.35. The molecule has 2 aromatic rings. The van der Waals surface area contributed by atoms with Crippen molar-refractivity contribution in [2.24, 2.45) is 5.92 Å². The summed E-state index contributed by atoms with van der Waals surface area (Å²) in [5, 5.41) is 15.2. The first kappa shape index (κ1) is 16.4. The normalized spacial score (nSPS) is 20.5. The van der Waals surface area contributed by atoms with Gasteiger partial charge in [0.15, 0.2) is 0 Å². The molecule has 2 amide bonds. The topological polar surface area (TPSA) is 92.1 Å². The van der Waals surface area contributed by atoms with Gasteiger partial charge in [0.05, 0.1) is 0 Å². The molecule has 0 saturated heterocycles. The molecule has 0 spiro atoms. The largest absolute Gasteiger partial charge is 0.396 e. The van der Waals surface area contributed by atoms with Crippen LogP contribution < -0.4 is 10.6 Å². The van der Waals surface area contributed by atoms with Crippen molar-refractivity contribution in [1.29, 1.82) is 0 Å². The van der Waals surface area contributed by atoms with Crippen LogP contribution in [0.15, 0.2) is 37.1 Å². The molecule has 3 N–H and O–H groups in total. The van der Waals surface area contributed by atoms with Crippen molar-refractivity contribution in [2.45, 2.75) is 38.3 Å². The molecule has 0 aromatic carbocycles. The number of pyridine rings is 1. The van der Waals surface area contributed by atoms with Gasteiger partial charge >= 0.3 is 6.03 Å². The van der Waals surface area contributed by atoms with Gasteiger partial charge in [0, 0.05) is 43.7 Å². The van der Waals surface area contributed by atoms with Gasteiger partial charge in [0.1, 0.15) is 12.1 Å². The predicted octanol–water partition coefficient (Wildman–Crippen LogP) is 1.62. The number of hydrogen-bond donors (Lipinski definition) is 3. The van der Waals surface area contributed by atoms with Gasteiger partial charge in [0.25, 0.3) is 0 Å². The van der Waals surface area contributed by atoms with Crippen molar-refractivity contribution in [2.75, 3.05) is 6.61 Å². The molecule has 24 heavy (non-hydrogen) atoms. The Morgan fingerprint density at radius 1 is 1.33 bits per heavy atom. The zero-order chi connectivity index (χ0) is 16.8. The van der Waals surface area contributed by atoms with E-state index in [9.17, 15) is 9.90 Å². The molecule has 2 heterocycles. The van der Waals surface area contributed by atoms with Gasteiger partial charge in [-0.25, -0.2) is 14.8 Å². The summed E-state index contributed by atoms with van der Waals surface area (Å²) in [6.07, 6.45) is 11.1. The second-order valence-corrected chi connectivity index (χ2v) is 6.16. The minimum Gasteiger partial charge on any atom is -0.396 e. The molecule has 1 fully saturated rings. The molecular weight excluding hydrogens is 306 g/mol. The van der Waals surface area contributed by atoms with Crippen LogP contribution in [0.5, 0.6) is 0 Å². The third kappa shape index (κ3) is 4.11. The predicted molar refractivity (Wildman–Crippen MR) is 89.6 cm³/mol. The molecule has 3 rings (SSSR count). The van der Waals surface area contributed by atoms with Crippen molar-refractivity contribution in [1.82, 2.24) is 25.2 Å². The fraction of sp³-hybridized carbons (Fsp3) is 0.471. The first-order chi connectivity index (χ1) is 11.8. The molecule has 7 heteroatoms. The third-order valence-electron chi connectivity index (χ3n) is 4.49. The van der Waals surface area contributed by atoms with E-state index in [1.54, 1.807) is 18.7 Å². The lowest BCUT2D eigenvalue weighted by molar-refractivity contribution is 0.153. The number of carbonyl (C=O) groups excluding carboxylic acids is 1. The standard InChI is InChI=1S/C17H23N5O2/c23-11-14-3-1-2-4-15(14)21-17(24)20-10-13-5-6-16(19-9-13)22-8-7-18-12-22/h5-9,12,14-15,23H,1-4,10-11H2,(H2,20,21,24). The molecule has 0 radical (unpaired) electrons. The van der Waals surface area contributed by atoms with Crippen LogP contribution in [0, 0.1) is 5.92 Å². The third-order valence-corrected chi connectivity index (χ3v) is 4.49. The lowest BCUT2D eigenvalue weighted by Crippen LogP contribution is -2.47. The maximum absolute atomic E-state index is 12.1. The van der Waals surface area contributed by atoms with Crippen LogP contribution in [0.1, 0.15) is 31.2 Å². The number of amides is 2. The van der Waals surface area contributed by atoms with Crippen molar-refractivity contribution in [3.05, 3.63) is 42.6 Å². The number of imidazole rings is 1. The molecule has 0 bridgehead atoms. The monoisotopic (exact) mass is 329 g/mol. The summed E-state index contributed by atoms with van der Waals surface area (Å²) in [6, 6.07) is 3.68. The number of aliphatic hydroxyl groups is 1. The SMILES string of the molecule is O=C(NCc1ccc(-n2ccnc2)nc1)NC1CCCCC1CO. The van der Waals surface area contributed by atoms with Crippen LogP contribution in [-0.4, -0.2) is 38.3 Å². The van der Waals surface area contributed by atoms with Gasteiger partial charge in [-0.15, -0.1) is 0 Å². The Morgan fingerprint density at radius 2 is 2.21 bits per heavy atom. The van der Waals surface area contributed by atoms with Gasteiger partial charge in [-0.1, -0.05) is 18.9 Å². The average Bonchev–Trinajstić information content (AvgIpc) is 3.15. The molecule has 7 nitrogen and oxygen atoms in total. The second kappa shape index (κ2) is 7.92. The summed E-state index contributed by atoms with van der Waals surface area (Å²) < 4.78 is 1.82. The Bertz CT molecular complexity index is 642. The smallest absolute Gasteiger partial charge is 0.315 e. The summed E-state index contributed by atoms with van der Waals surface area (Å²) in [7, 11) is 0. The van der Waals surface area contributed by atoms with E-state index < -0.39 is 0 Å². The van der Waals surface area contributed by atoms with Gasteiger partial charge in [0.2, 0.25) is 0 Å². The molecule has 1 aliphatic carbocycles.